The Morgan fingerprint density at radius 3 is 2.22 bits per heavy atom. The number of benzene rings is 1. The minimum Gasteiger partial charge on any atom is -0.492 e. The molecular weight excluding hydrogens is 680 g/mol. The Morgan fingerprint density at radius 2 is 1.64 bits per heavy atom. The van der Waals surface area contributed by atoms with Crippen molar-refractivity contribution in [2.45, 2.75) is 37.7 Å². The highest BCUT2D eigenvalue weighted by atomic mass is 79.9. The van der Waals surface area contributed by atoms with E-state index in [0.29, 0.717) is 18.3 Å². The van der Waals surface area contributed by atoms with Crippen LogP contribution in [0.2, 0.25) is 0 Å². The zero-order chi connectivity index (χ0) is 33.2. The number of carbonyl (C=O) groups is 2. The Bertz CT molecular complexity index is 1530. The fourth-order valence-corrected chi connectivity index (χ4v) is 4.54. The SMILES string of the molecule is Brc1cnc2nc(-c3ccc(OCCN4CCCCC4c4cccnc4)cc3)[nH]c2c1.O=C(O)C(F)(F)F.O=C(O)C(F)(F)F. The molecule has 1 aromatic carbocycles. The van der Waals surface area contributed by atoms with E-state index >= 15 is 0 Å². The van der Waals surface area contributed by atoms with E-state index in [1.807, 2.05) is 48.8 Å². The van der Waals surface area contributed by atoms with Crippen LogP contribution in [0.5, 0.6) is 5.75 Å². The van der Waals surface area contributed by atoms with E-state index < -0.39 is 24.3 Å². The smallest absolute Gasteiger partial charge is 0.490 e. The van der Waals surface area contributed by atoms with Gasteiger partial charge >= 0.3 is 24.3 Å². The molecule has 1 aliphatic heterocycles. The second kappa shape index (κ2) is 15.7. The van der Waals surface area contributed by atoms with Gasteiger partial charge in [-0.1, -0.05) is 12.5 Å². The summed E-state index contributed by atoms with van der Waals surface area (Å²) < 4.78 is 70.5. The number of pyridine rings is 2. The second-order valence-corrected chi connectivity index (χ2v) is 10.3. The van der Waals surface area contributed by atoms with Gasteiger partial charge < -0.3 is 19.9 Å². The van der Waals surface area contributed by atoms with Crippen LogP contribution in [0.15, 0.2) is 65.5 Å². The molecule has 1 aliphatic rings. The molecule has 45 heavy (non-hydrogen) atoms. The van der Waals surface area contributed by atoms with Crippen LogP contribution in [-0.2, 0) is 9.59 Å². The predicted molar refractivity (Wildman–Crippen MR) is 152 cm³/mol. The van der Waals surface area contributed by atoms with Crippen LogP contribution in [0.1, 0.15) is 30.9 Å². The Kier molecular flexibility index (Phi) is 12.3. The summed E-state index contributed by atoms with van der Waals surface area (Å²) in [6.45, 7) is 2.68. The number of alkyl halides is 6. The Hall–Kier alpha value is -4.25. The van der Waals surface area contributed by atoms with Gasteiger partial charge in [-0.15, -0.1) is 0 Å². The lowest BCUT2D eigenvalue weighted by atomic mass is 9.96. The molecular formula is C28H26BrF6N5O5. The number of halogens is 7. The molecule has 17 heteroatoms. The van der Waals surface area contributed by atoms with Gasteiger partial charge in [-0.2, -0.15) is 26.3 Å². The number of nitrogens with zero attached hydrogens (tertiary/aromatic N) is 4. The van der Waals surface area contributed by atoms with Gasteiger partial charge in [0.1, 0.15) is 18.2 Å². The first-order valence-corrected chi connectivity index (χ1v) is 13.9. The molecule has 5 rings (SSSR count). The summed E-state index contributed by atoms with van der Waals surface area (Å²) in [5.74, 6) is -3.84. The maximum absolute atomic E-state index is 10.6. The number of carboxylic acid groups (broad SMARTS) is 2. The van der Waals surface area contributed by atoms with Crippen molar-refractivity contribution < 1.29 is 50.9 Å². The van der Waals surface area contributed by atoms with Gasteiger partial charge in [0.2, 0.25) is 0 Å². The lowest BCUT2D eigenvalue weighted by Gasteiger charge is -2.35. The molecule has 4 aromatic rings. The molecule has 10 nitrogen and oxygen atoms in total. The van der Waals surface area contributed by atoms with Gasteiger partial charge in [-0.05, 0) is 77.3 Å². The molecule has 1 atom stereocenters. The van der Waals surface area contributed by atoms with Crippen LogP contribution >= 0.6 is 15.9 Å². The van der Waals surface area contributed by atoms with Gasteiger partial charge in [0.05, 0.1) is 5.52 Å². The third-order valence-electron chi connectivity index (χ3n) is 6.25. The summed E-state index contributed by atoms with van der Waals surface area (Å²) in [5, 5.41) is 14.2. The van der Waals surface area contributed by atoms with Crippen molar-refractivity contribution in [1.82, 2.24) is 24.8 Å². The number of piperidine rings is 1. The third kappa shape index (κ3) is 11.0. The largest absolute Gasteiger partial charge is 0.492 e. The van der Waals surface area contributed by atoms with Crippen molar-refractivity contribution in [1.29, 1.82) is 0 Å². The molecule has 0 radical (unpaired) electrons. The zero-order valence-corrected chi connectivity index (χ0v) is 24.7. The standard InChI is InChI=1S/C24H24BrN5O.2C2HF3O2/c25-19-14-21-24(27-16-19)29-23(28-21)17-6-8-20(9-7-17)31-13-12-30-11-2-1-5-22(30)18-4-3-10-26-15-18;2*3-2(4,5)1(6)7/h3-4,6-10,14-16,22H,1-2,5,11-13H2,(H,27,28,29);2*(H,6,7). The summed E-state index contributed by atoms with van der Waals surface area (Å²) in [6, 6.07) is 14.7. The molecule has 3 aromatic heterocycles. The Balaban J connectivity index is 0.000000331. The van der Waals surface area contributed by atoms with E-state index in [-0.39, 0.29) is 0 Å². The molecule has 0 spiro atoms. The number of ether oxygens (including phenoxy) is 1. The molecule has 1 fully saturated rings. The summed E-state index contributed by atoms with van der Waals surface area (Å²) in [6.07, 6.45) is -0.880. The molecule has 242 valence electrons. The van der Waals surface area contributed by atoms with Crippen molar-refractivity contribution in [2.75, 3.05) is 19.7 Å². The lowest BCUT2D eigenvalue weighted by Crippen LogP contribution is -2.36. The molecule has 0 bridgehead atoms. The van der Waals surface area contributed by atoms with E-state index in [1.165, 1.54) is 24.8 Å². The highest BCUT2D eigenvalue weighted by Crippen LogP contribution is 2.30. The second-order valence-electron chi connectivity index (χ2n) is 9.42. The van der Waals surface area contributed by atoms with Crippen LogP contribution in [0.4, 0.5) is 26.3 Å². The minimum absolute atomic E-state index is 0.440. The van der Waals surface area contributed by atoms with E-state index in [9.17, 15) is 26.3 Å². The summed E-state index contributed by atoms with van der Waals surface area (Å²) in [5.41, 5.74) is 3.94. The number of likely N-dealkylation sites (tertiary alicyclic amines) is 1. The number of hydrogen-bond donors (Lipinski definition) is 3. The van der Waals surface area contributed by atoms with E-state index in [2.05, 4.69) is 46.8 Å². The summed E-state index contributed by atoms with van der Waals surface area (Å²) in [7, 11) is 0. The number of aromatic amines is 1. The fourth-order valence-electron chi connectivity index (χ4n) is 4.21. The Labute approximate surface area is 260 Å². The molecule has 1 unspecified atom stereocenters. The van der Waals surface area contributed by atoms with Crippen molar-refractivity contribution in [3.63, 3.8) is 0 Å². The van der Waals surface area contributed by atoms with Crippen molar-refractivity contribution in [3.8, 4) is 17.1 Å². The van der Waals surface area contributed by atoms with E-state index in [1.54, 1.807) is 6.20 Å². The first kappa shape index (κ1) is 35.2. The molecule has 0 amide bonds. The number of rotatable bonds is 6. The molecule has 0 aliphatic carbocycles. The number of imidazole rings is 1. The monoisotopic (exact) mass is 705 g/mol. The highest BCUT2D eigenvalue weighted by molar-refractivity contribution is 9.10. The topological polar surface area (TPSA) is 142 Å². The summed E-state index contributed by atoms with van der Waals surface area (Å²) >= 11 is 3.44. The fraction of sp³-hybridized carbons (Fsp3) is 0.321. The lowest BCUT2D eigenvalue weighted by molar-refractivity contribution is -0.193. The quantitative estimate of drug-likeness (QED) is 0.188. The molecule has 4 heterocycles. The van der Waals surface area contributed by atoms with E-state index in [4.69, 9.17) is 24.5 Å². The number of aliphatic carboxylic acids is 2. The van der Waals surface area contributed by atoms with Crippen molar-refractivity contribution in [3.05, 3.63) is 71.1 Å². The average molecular weight is 706 g/mol. The maximum Gasteiger partial charge on any atom is 0.490 e. The first-order chi connectivity index (χ1) is 21.1. The van der Waals surface area contributed by atoms with Crippen LogP contribution in [0.3, 0.4) is 0 Å². The van der Waals surface area contributed by atoms with Gasteiger partial charge in [-0.3, -0.25) is 9.88 Å². The van der Waals surface area contributed by atoms with Crippen molar-refractivity contribution in [2.24, 2.45) is 0 Å². The van der Waals surface area contributed by atoms with Crippen LogP contribution in [0, 0.1) is 0 Å². The minimum atomic E-state index is -5.08. The number of carboxylic acids is 2. The average Bonchev–Trinajstić information content (AvgIpc) is 3.41. The van der Waals surface area contributed by atoms with Crippen molar-refractivity contribution >= 4 is 39.0 Å². The van der Waals surface area contributed by atoms with E-state index in [0.717, 1.165) is 40.2 Å². The van der Waals surface area contributed by atoms with Gasteiger partial charge in [0.15, 0.2) is 5.65 Å². The number of aromatic nitrogens is 4. The Morgan fingerprint density at radius 1 is 1.00 bits per heavy atom. The number of H-pyrrole nitrogens is 1. The highest BCUT2D eigenvalue weighted by Gasteiger charge is 2.38. The molecule has 3 N–H and O–H groups in total. The number of nitrogens with one attached hydrogen (secondary N) is 1. The van der Waals surface area contributed by atoms with Gasteiger partial charge in [0.25, 0.3) is 0 Å². The number of hydrogen-bond acceptors (Lipinski definition) is 7. The normalized spacial score (nSPS) is 15.3. The first-order valence-electron chi connectivity index (χ1n) is 13.1. The van der Waals surface area contributed by atoms with Crippen LogP contribution < -0.4 is 4.74 Å². The molecule has 1 saturated heterocycles. The van der Waals surface area contributed by atoms with Gasteiger partial charge in [0, 0.05) is 41.2 Å². The summed E-state index contributed by atoms with van der Waals surface area (Å²) in [4.78, 5) is 36.8. The third-order valence-corrected chi connectivity index (χ3v) is 6.68. The number of fused-ring (bicyclic) bond motifs is 1. The molecule has 0 saturated carbocycles. The maximum atomic E-state index is 10.6. The predicted octanol–water partition coefficient (Wildman–Crippen LogP) is 6.66. The zero-order valence-electron chi connectivity index (χ0n) is 23.1. The van der Waals surface area contributed by atoms with Gasteiger partial charge in [-0.25, -0.2) is 19.6 Å². The van der Waals surface area contributed by atoms with Crippen LogP contribution in [-0.4, -0.2) is 79.0 Å². The van der Waals surface area contributed by atoms with Crippen LogP contribution in [0.25, 0.3) is 22.6 Å².